The summed E-state index contributed by atoms with van der Waals surface area (Å²) in [6.45, 7) is 2.20. The van der Waals surface area contributed by atoms with Crippen molar-refractivity contribution in [2.45, 2.75) is 13.3 Å². The molecule has 24 heavy (non-hydrogen) atoms. The van der Waals surface area contributed by atoms with Crippen molar-refractivity contribution in [1.29, 1.82) is 0 Å². The van der Waals surface area contributed by atoms with Crippen molar-refractivity contribution in [3.05, 3.63) is 47.5 Å². The average molecular weight is 351 g/mol. The van der Waals surface area contributed by atoms with Crippen LogP contribution in [0.25, 0.3) is 0 Å². The zero-order valence-electron chi connectivity index (χ0n) is 13.2. The highest BCUT2D eigenvalue weighted by atomic mass is 32.2. The molecular formula is C16H18FN3O3S. The molecule has 1 heterocycles. The van der Waals surface area contributed by atoms with E-state index in [2.05, 4.69) is 15.8 Å². The molecule has 2 amide bonds. The molecular weight excluding hydrogens is 333 g/mol. The van der Waals surface area contributed by atoms with E-state index < -0.39 is 0 Å². The van der Waals surface area contributed by atoms with Crippen LogP contribution in [-0.2, 0) is 16.0 Å². The van der Waals surface area contributed by atoms with Gasteiger partial charge < -0.3 is 15.2 Å². The van der Waals surface area contributed by atoms with Gasteiger partial charge in [0.05, 0.1) is 11.5 Å². The lowest BCUT2D eigenvalue weighted by Crippen LogP contribution is -2.28. The predicted octanol–water partition coefficient (Wildman–Crippen LogP) is 2.15. The summed E-state index contributed by atoms with van der Waals surface area (Å²) in [7, 11) is 0. The first kappa shape index (κ1) is 18.0. The summed E-state index contributed by atoms with van der Waals surface area (Å²) in [4.78, 5) is 23.3. The fourth-order valence-corrected chi connectivity index (χ4v) is 2.54. The topological polar surface area (TPSA) is 84.2 Å². The number of thioether (sulfide) groups is 1. The number of amides is 2. The Morgan fingerprint density at radius 1 is 1.21 bits per heavy atom. The molecule has 0 saturated carbocycles. The van der Waals surface area contributed by atoms with E-state index in [9.17, 15) is 14.0 Å². The van der Waals surface area contributed by atoms with Crippen LogP contribution in [0.2, 0.25) is 0 Å². The highest BCUT2D eigenvalue weighted by molar-refractivity contribution is 8.00. The number of anilines is 1. The molecule has 2 rings (SSSR count). The predicted molar refractivity (Wildman–Crippen MR) is 90.3 cm³/mol. The number of benzene rings is 1. The molecule has 0 atom stereocenters. The third kappa shape index (κ3) is 6.41. The number of aromatic nitrogens is 1. The molecule has 0 aliphatic carbocycles. The van der Waals surface area contributed by atoms with Crippen LogP contribution in [-0.4, -0.2) is 35.0 Å². The fourth-order valence-electron chi connectivity index (χ4n) is 1.89. The number of nitrogens with zero attached hydrogens (tertiary/aromatic N) is 1. The first-order valence-corrected chi connectivity index (χ1v) is 8.50. The molecule has 0 fully saturated rings. The van der Waals surface area contributed by atoms with E-state index in [1.54, 1.807) is 25.1 Å². The second-order valence-electron chi connectivity index (χ2n) is 5.09. The van der Waals surface area contributed by atoms with E-state index in [0.717, 1.165) is 5.56 Å². The lowest BCUT2D eigenvalue weighted by Gasteiger charge is -2.05. The first-order chi connectivity index (χ1) is 11.5. The summed E-state index contributed by atoms with van der Waals surface area (Å²) >= 11 is 1.21. The minimum atomic E-state index is -0.279. The minimum Gasteiger partial charge on any atom is -0.360 e. The van der Waals surface area contributed by atoms with Crippen molar-refractivity contribution in [1.82, 2.24) is 10.5 Å². The smallest absolute Gasteiger partial charge is 0.235 e. The summed E-state index contributed by atoms with van der Waals surface area (Å²) in [6.07, 6.45) is 0.628. The lowest BCUT2D eigenvalue weighted by atomic mass is 10.1. The molecule has 0 aliphatic rings. The van der Waals surface area contributed by atoms with Gasteiger partial charge in [-0.25, -0.2) is 4.39 Å². The minimum absolute atomic E-state index is 0.146. The van der Waals surface area contributed by atoms with E-state index in [1.807, 2.05) is 0 Å². The Balaban J connectivity index is 1.57. The molecule has 0 aliphatic heterocycles. The van der Waals surface area contributed by atoms with Crippen molar-refractivity contribution in [3.8, 4) is 0 Å². The van der Waals surface area contributed by atoms with E-state index in [0.29, 0.717) is 24.5 Å². The molecule has 6 nitrogen and oxygen atoms in total. The van der Waals surface area contributed by atoms with Crippen LogP contribution in [0.1, 0.15) is 11.3 Å². The molecule has 0 radical (unpaired) electrons. The molecule has 0 saturated heterocycles. The Bertz CT molecular complexity index is 688. The summed E-state index contributed by atoms with van der Waals surface area (Å²) in [6, 6.07) is 7.77. The lowest BCUT2D eigenvalue weighted by molar-refractivity contribution is -0.118. The summed E-state index contributed by atoms with van der Waals surface area (Å²) in [5.74, 6) is 0.643. The number of carbonyl (C=O) groups is 2. The molecule has 0 spiro atoms. The van der Waals surface area contributed by atoms with Crippen molar-refractivity contribution in [2.24, 2.45) is 0 Å². The maximum Gasteiger partial charge on any atom is 0.235 e. The van der Waals surface area contributed by atoms with Crippen LogP contribution in [0.4, 0.5) is 10.2 Å². The SMILES string of the molecule is Cc1cc(NC(=O)CSCC(=O)NCCc2ccc(F)cc2)no1. The van der Waals surface area contributed by atoms with E-state index in [1.165, 1.54) is 23.9 Å². The number of rotatable bonds is 8. The number of hydrogen-bond donors (Lipinski definition) is 2. The van der Waals surface area contributed by atoms with Gasteiger partial charge in [-0.15, -0.1) is 11.8 Å². The standard InChI is InChI=1S/C16H18FN3O3S/c1-11-8-14(20-23-11)19-16(22)10-24-9-15(21)18-7-6-12-2-4-13(17)5-3-12/h2-5,8H,6-7,9-10H2,1H3,(H,18,21)(H,19,20,22). The Hall–Kier alpha value is -2.35. The maximum atomic E-state index is 12.8. The maximum absolute atomic E-state index is 12.8. The highest BCUT2D eigenvalue weighted by Gasteiger charge is 2.08. The third-order valence-corrected chi connectivity index (χ3v) is 3.94. The Labute approximate surface area is 143 Å². The van der Waals surface area contributed by atoms with Gasteiger partial charge in [-0.3, -0.25) is 9.59 Å². The molecule has 0 unspecified atom stereocenters. The number of carbonyl (C=O) groups excluding carboxylic acids is 2. The van der Waals surface area contributed by atoms with Crippen molar-refractivity contribution in [2.75, 3.05) is 23.4 Å². The Morgan fingerprint density at radius 3 is 2.58 bits per heavy atom. The monoisotopic (exact) mass is 351 g/mol. The number of aryl methyl sites for hydroxylation is 1. The zero-order valence-corrected chi connectivity index (χ0v) is 14.0. The van der Waals surface area contributed by atoms with Gasteiger partial charge >= 0.3 is 0 Å². The van der Waals surface area contributed by atoms with Gasteiger partial charge in [0.25, 0.3) is 0 Å². The zero-order chi connectivity index (χ0) is 17.4. The highest BCUT2D eigenvalue weighted by Crippen LogP contribution is 2.08. The molecule has 8 heteroatoms. The van der Waals surface area contributed by atoms with Crippen molar-refractivity contribution < 1.29 is 18.5 Å². The molecule has 0 bridgehead atoms. The van der Waals surface area contributed by atoms with E-state index in [4.69, 9.17) is 4.52 Å². The van der Waals surface area contributed by atoms with Crippen LogP contribution in [0.5, 0.6) is 0 Å². The second-order valence-corrected chi connectivity index (χ2v) is 6.08. The number of nitrogens with one attached hydrogen (secondary N) is 2. The third-order valence-electron chi connectivity index (χ3n) is 3.01. The van der Waals surface area contributed by atoms with Gasteiger partial charge in [0.15, 0.2) is 5.82 Å². The Morgan fingerprint density at radius 2 is 1.92 bits per heavy atom. The van der Waals surface area contributed by atoms with Gasteiger partial charge in [-0.1, -0.05) is 17.3 Å². The molecule has 2 N–H and O–H groups in total. The molecule has 1 aromatic carbocycles. The summed E-state index contributed by atoms with van der Waals surface area (Å²) < 4.78 is 17.6. The summed E-state index contributed by atoms with van der Waals surface area (Å²) in [5, 5.41) is 8.99. The quantitative estimate of drug-likeness (QED) is 0.761. The van der Waals surface area contributed by atoms with Gasteiger partial charge in [0.2, 0.25) is 11.8 Å². The number of halogens is 1. The van der Waals surface area contributed by atoms with Gasteiger partial charge in [0.1, 0.15) is 11.6 Å². The average Bonchev–Trinajstić information content (AvgIpc) is 2.94. The van der Waals surface area contributed by atoms with Crippen LogP contribution in [0.15, 0.2) is 34.9 Å². The normalized spacial score (nSPS) is 10.4. The van der Waals surface area contributed by atoms with Crippen molar-refractivity contribution >= 4 is 29.4 Å². The fraction of sp³-hybridized carbons (Fsp3) is 0.312. The van der Waals surface area contributed by atoms with Gasteiger partial charge in [-0.2, -0.15) is 0 Å². The van der Waals surface area contributed by atoms with Gasteiger partial charge in [-0.05, 0) is 31.0 Å². The molecule has 128 valence electrons. The largest absolute Gasteiger partial charge is 0.360 e. The van der Waals surface area contributed by atoms with Crippen molar-refractivity contribution in [3.63, 3.8) is 0 Å². The second kappa shape index (κ2) is 9.07. The van der Waals surface area contributed by atoms with Crippen LogP contribution < -0.4 is 10.6 Å². The van der Waals surface area contributed by atoms with E-state index in [-0.39, 0.29) is 29.1 Å². The van der Waals surface area contributed by atoms with Crippen LogP contribution >= 0.6 is 11.8 Å². The molecule has 1 aromatic heterocycles. The Kier molecular flexibility index (Phi) is 6.80. The van der Waals surface area contributed by atoms with Crippen LogP contribution in [0, 0.1) is 12.7 Å². The van der Waals surface area contributed by atoms with Gasteiger partial charge in [0, 0.05) is 12.6 Å². The first-order valence-electron chi connectivity index (χ1n) is 7.35. The van der Waals surface area contributed by atoms with Crippen LogP contribution in [0.3, 0.4) is 0 Å². The molecule has 2 aromatic rings. The summed E-state index contributed by atoms with van der Waals surface area (Å²) in [5.41, 5.74) is 0.951. The number of hydrogen-bond acceptors (Lipinski definition) is 5. The van der Waals surface area contributed by atoms with E-state index >= 15 is 0 Å².